The van der Waals surface area contributed by atoms with Crippen LogP contribution in [-0.4, -0.2) is 24.2 Å². The molecular formula is C23H20ClN3O4S. The molecule has 0 aliphatic rings. The van der Waals surface area contributed by atoms with E-state index in [4.69, 9.17) is 26.8 Å². The van der Waals surface area contributed by atoms with Gasteiger partial charge >= 0.3 is 0 Å². The van der Waals surface area contributed by atoms with E-state index in [9.17, 15) is 8.42 Å². The van der Waals surface area contributed by atoms with Crippen molar-refractivity contribution in [3.8, 4) is 11.6 Å². The van der Waals surface area contributed by atoms with Gasteiger partial charge in [-0.2, -0.15) is 8.42 Å². The molecule has 2 N–H and O–H groups in total. The molecule has 0 radical (unpaired) electrons. The third-order valence-electron chi connectivity index (χ3n) is 4.62. The maximum atomic E-state index is 13.2. The molecule has 0 saturated carbocycles. The molecule has 0 fully saturated rings. The lowest BCUT2D eigenvalue weighted by Gasteiger charge is -2.06. The van der Waals surface area contributed by atoms with Crippen LogP contribution in [0.4, 0.5) is 5.69 Å². The summed E-state index contributed by atoms with van der Waals surface area (Å²) in [6.45, 7) is 2.00. The third kappa shape index (κ3) is 4.56. The smallest absolute Gasteiger partial charge is 0.283 e. The Labute approximate surface area is 190 Å². The molecular weight excluding hydrogens is 450 g/mol. The number of benzene rings is 3. The molecule has 0 spiro atoms. The summed E-state index contributed by atoms with van der Waals surface area (Å²) in [5, 5.41) is 5.34. The Morgan fingerprint density at radius 2 is 1.78 bits per heavy atom. The fraction of sp³-hybridized carbons (Fsp3) is 0.0870. The van der Waals surface area contributed by atoms with Crippen molar-refractivity contribution in [1.29, 1.82) is 0 Å². The number of aromatic nitrogens is 2. The number of fused-ring (bicyclic) bond motifs is 1. The van der Waals surface area contributed by atoms with E-state index < -0.39 is 10.0 Å². The predicted molar refractivity (Wildman–Crippen MR) is 125 cm³/mol. The van der Waals surface area contributed by atoms with E-state index >= 15 is 0 Å². The van der Waals surface area contributed by atoms with Crippen molar-refractivity contribution in [1.82, 2.24) is 9.19 Å². The second kappa shape index (κ2) is 8.94. The van der Waals surface area contributed by atoms with Crippen LogP contribution >= 0.6 is 11.6 Å². The molecule has 0 bridgehead atoms. The first kappa shape index (κ1) is 21.7. The molecule has 164 valence electrons. The number of rotatable bonds is 7. The summed E-state index contributed by atoms with van der Waals surface area (Å²) in [6, 6.07) is 18.3. The first-order valence-corrected chi connectivity index (χ1v) is 11.5. The van der Waals surface area contributed by atoms with E-state index in [1.807, 2.05) is 6.92 Å². The number of hydrogen-bond acceptors (Lipinski definition) is 6. The minimum absolute atomic E-state index is 0.110. The maximum absolute atomic E-state index is 13.2. The van der Waals surface area contributed by atoms with Gasteiger partial charge in [-0.25, -0.2) is 0 Å². The predicted octanol–water partition coefficient (Wildman–Crippen LogP) is 4.79. The van der Waals surface area contributed by atoms with E-state index in [0.717, 1.165) is 9.65 Å². The van der Waals surface area contributed by atoms with Crippen LogP contribution in [0.25, 0.3) is 10.9 Å². The minimum atomic E-state index is -3.92. The van der Waals surface area contributed by atoms with Gasteiger partial charge in [0.2, 0.25) is 5.88 Å². The van der Waals surface area contributed by atoms with Gasteiger partial charge in [-0.3, -0.25) is 0 Å². The Bertz CT molecular complexity index is 1380. The Kier molecular flexibility index (Phi) is 6.07. The van der Waals surface area contributed by atoms with E-state index in [-0.39, 0.29) is 17.4 Å². The zero-order valence-electron chi connectivity index (χ0n) is 17.1. The van der Waals surface area contributed by atoms with Gasteiger partial charge in [-0.15, -0.1) is 9.19 Å². The number of aryl methyl sites for hydroxylation is 1. The highest BCUT2D eigenvalue weighted by molar-refractivity contribution is 7.90. The molecule has 1 aromatic heterocycles. The van der Waals surface area contributed by atoms with Gasteiger partial charge < -0.3 is 15.2 Å². The summed E-state index contributed by atoms with van der Waals surface area (Å²) in [7, 11) is -3.92. The molecule has 9 heteroatoms. The molecule has 1 heterocycles. The molecule has 0 unspecified atom stereocenters. The average molecular weight is 470 g/mol. The summed E-state index contributed by atoms with van der Waals surface area (Å²) < 4.78 is 38.5. The van der Waals surface area contributed by atoms with Crippen molar-refractivity contribution >= 4 is 38.2 Å². The Morgan fingerprint density at radius 1 is 1.06 bits per heavy atom. The summed E-state index contributed by atoms with van der Waals surface area (Å²) >= 11 is 5.85. The summed E-state index contributed by atoms with van der Waals surface area (Å²) in [5.74, 6) is 0.775. The highest BCUT2D eigenvalue weighted by atomic mass is 35.5. The van der Waals surface area contributed by atoms with Gasteiger partial charge in [-0.05, 0) is 67.6 Å². The van der Waals surface area contributed by atoms with Crippen molar-refractivity contribution in [3.05, 3.63) is 89.7 Å². The molecule has 4 aromatic rings. The minimum Gasteiger partial charge on any atom is -0.472 e. The van der Waals surface area contributed by atoms with E-state index in [1.54, 1.807) is 72.8 Å². The van der Waals surface area contributed by atoms with Crippen molar-refractivity contribution in [3.63, 3.8) is 0 Å². The molecule has 0 amide bonds. The summed E-state index contributed by atoms with van der Waals surface area (Å²) in [5.41, 5.74) is 7.70. The highest BCUT2D eigenvalue weighted by Gasteiger charge is 2.23. The first-order chi connectivity index (χ1) is 15.3. The zero-order valence-corrected chi connectivity index (χ0v) is 18.7. The fourth-order valence-corrected chi connectivity index (χ4v) is 4.39. The lowest BCUT2D eigenvalue weighted by atomic mass is 10.2. The van der Waals surface area contributed by atoms with E-state index in [2.05, 4.69) is 5.10 Å². The number of anilines is 1. The SMILES string of the molecule is Cc1ccc(S(=O)(=O)n2nc(OCC=COc3ccc(Cl)cc3)c3cc(N)ccc32)cc1. The van der Waals surface area contributed by atoms with E-state index in [1.165, 1.54) is 6.26 Å². The van der Waals surface area contributed by atoms with Crippen molar-refractivity contribution in [2.24, 2.45) is 0 Å². The lowest BCUT2D eigenvalue weighted by molar-refractivity contribution is 0.345. The summed E-state index contributed by atoms with van der Waals surface area (Å²) in [4.78, 5) is 0.132. The van der Waals surface area contributed by atoms with Crippen LogP contribution in [0.15, 0.2) is 84.0 Å². The van der Waals surface area contributed by atoms with Crippen LogP contribution in [0.5, 0.6) is 11.6 Å². The molecule has 32 heavy (non-hydrogen) atoms. The molecule has 3 aromatic carbocycles. The standard InChI is InChI=1S/C23H20ClN3O4S/c1-16-3-10-20(11-4-16)32(28,29)27-22-12-7-18(25)15-21(22)23(26-27)31-14-2-13-30-19-8-5-17(24)6-9-19/h2-13,15H,14,25H2,1H3. The van der Waals surface area contributed by atoms with Crippen molar-refractivity contribution < 1.29 is 17.9 Å². The van der Waals surface area contributed by atoms with Gasteiger partial charge in [-0.1, -0.05) is 29.3 Å². The molecule has 0 saturated heterocycles. The number of nitrogens with two attached hydrogens (primary N) is 1. The fourth-order valence-electron chi connectivity index (χ4n) is 2.99. The zero-order chi connectivity index (χ0) is 22.7. The number of nitrogens with zero attached hydrogens (tertiary/aromatic N) is 2. The lowest BCUT2D eigenvalue weighted by Crippen LogP contribution is -2.14. The van der Waals surface area contributed by atoms with E-state index in [0.29, 0.717) is 27.4 Å². The third-order valence-corrected chi connectivity index (χ3v) is 6.47. The number of ether oxygens (including phenoxy) is 2. The molecule has 0 aliphatic carbocycles. The normalized spacial score (nSPS) is 11.8. The van der Waals surface area contributed by atoms with Crippen molar-refractivity contribution in [2.45, 2.75) is 11.8 Å². The molecule has 4 rings (SSSR count). The second-order valence-electron chi connectivity index (χ2n) is 7.00. The summed E-state index contributed by atoms with van der Waals surface area (Å²) in [6.07, 6.45) is 3.11. The first-order valence-electron chi connectivity index (χ1n) is 9.65. The van der Waals surface area contributed by atoms with Gasteiger partial charge in [0, 0.05) is 10.7 Å². The van der Waals surface area contributed by atoms with Crippen LogP contribution in [0, 0.1) is 6.92 Å². The number of hydrogen-bond donors (Lipinski definition) is 1. The van der Waals surface area contributed by atoms with Crippen LogP contribution in [0.2, 0.25) is 5.02 Å². The quantitative estimate of drug-likeness (QED) is 0.309. The van der Waals surface area contributed by atoms with Crippen molar-refractivity contribution in [2.75, 3.05) is 12.3 Å². The van der Waals surface area contributed by atoms with Gasteiger partial charge in [0.15, 0.2) is 0 Å². The number of halogens is 1. The van der Waals surface area contributed by atoms with Crippen LogP contribution in [0.3, 0.4) is 0 Å². The van der Waals surface area contributed by atoms with Crippen LogP contribution in [-0.2, 0) is 10.0 Å². The van der Waals surface area contributed by atoms with Crippen LogP contribution < -0.4 is 15.2 Å². The van der Waals surface area contributed by atoms with Gasteiger partial charge in [0.05, 0.1) is 22.1 Å². The molecule has 7 nitrogen and oxygen atoms in total. The Morgan fingerprint density at radius 3 is 2.50 bits per heavy atom. The largest absolute Gasteiger partial charge is 0.472 e. The van der Waals surface area contributed by atoms with Gasteiger partial charge in [0.1, 0.15) is 12.4 Å². The van der Waals surface area contributed by atoms with Crippen LogP contribution in [0.1, 0.15) is 5.56 Å². The topological polar surface area (TPSA) is 96.4 Å². The Balaban J connectivity index is 1.58. The Hall–Kier alpha value is -3.49. The molecule has 0 atom stereocenters. The maximum Gasteiger partial charge on any atom is 0.283 e. The highest BCUT2D eigenvalue weighted by Crippen LogP contribution is 2.30. The van der Waals surface area contributed by atoms with Gasteiger partial charge in [0.25, 0.3) is 10.0 Å². The molecule has 0 aliphatic heterocycles. The monoisotopic (exact) mass is 469 g/mol. The average Bonchev–Trinajstić information content (AvgIpc) is 3.13. The second-order valence-corrected chi connectivity index (χ2v) is 9.20. The number of nitrogen functional groups attached to an aromatic ring is 1.